The number of nitrogens with two attached hydrogens (primary N) is 1. The van der Waals surface area contributed by atoms with Gasteiger partial charge in [-0.15, -0.1) is 0 Å². The van der Waals surface area contributed by atoms with E-state index in [-0.39, 0.29) is 6.04 Å². The Morgan fingerprint density at radius 2 is 1.74 bits per heavy atom. The Labute approximate surface area is 134 Å². The van der Waals surface area contributed by atoms with Crippen molar-refractivity contribution in [1.82, 2.24) is 15.2 Å². The second kappa shape index (κ2) is 6.93. The van der Waals surface area contributed by atoms with E-state index in [2.05, 4.69) is 15.2 Å². The van der Waals surface area contributed by atoms with Gasteiger partial charge in [-0.2, -0.15) is 5.10 Å². The molecule has 0 aliphatic carbocycles. The largest absolute Gasteiger partial charge is 0.497 e. The van der Waals surface area contributed by atoms with Crippen LogP contribution in [-0.2, 0) is 6.61 Å². The molecule has 3 aromatic rings. The molecule has 0 radical (unpaired) electrons. The Balaban J connectivity index is 1.62. The number of aromatic nitrogens is 3. The fourth-order valence-corrected chi connectivity index (χ4v) is 2.15. The highest BCUT2D eigenvalue weighted by molar-refractivity contribution is 5.31. The number of nitrogens with zero attached hydrogens (tertiary/aromatic N) is 2. The van der Waals surface area contributed by atoms with Crippen molar-refractivity contribution >= 4 is 0 Å². The maximum atomic E-state index is 6.17. The average molecular weight is 310 g/mol. The van der Waals surface area contributed by atoms with Crippen molar-refractivity contribution in [2.24, 2.45) is 5.73 Å². The Kier molecular flexibility index (Phi) is 4.54. The number of hydrogen-bond donors (Lipinski definition) is 2. The lowest BCUT2D eigenvalue weighted by Gasteiger charge is -2.07. The van der Waals surface area contributed by atoms with Gasteiger partial charge in [0.15, 0.2) is 11.6 Å². The van der Waals surface area contributed by atoms with Crippen LogP contribution in [0.1, 0.15) is 23.3 Å². The van der Waals surface area contributed by atoms with Crippen LogP contribution in [-0.4, -0.2) is 22.3 Å². The van der Waals surface area contributed by atoms with Gasteiger partial charge in [0.2, 0.25) is 0 Å². The number of hydrogen-bond acceptors (Lipinski definition) is 5. The molecule has 6 nitrogen and oxygen atoms in total. The lowest BCUT2D eigenvalue weighted by Crippen LogP contribution is -2.13. The molecular weight excluding hydrogens is 292 g/mol. The molecule has 0 saturated heterocycles. The van der Waals surface area contributed by atoms with Crippen LogP contribution >= 0.6 is 0 Å². The van der Waals surface area contributed by atoms with Crippen molar-refractivity contribution < 1.29 is 9.47 Å². The highest BCUT2D eigenvalue weighted by Crippen LogP contribution is 2.19. The number of nitrogens with one attached hydrogen (secondary N) is 1. The Hall–Kier alpha value is -2.86. The quantitative estimate of drug-likeness (QED) is 0.730. The van der Waals surface area contributed by atoms with Gasteiger partial charge >= 0.3 is 0 Å². The lowest BCUT2D eigenvalue weighted by atomic mass is 10.1. The summed E-state index contributed by atoms with van der Waals surface area (Å²) in [5.74, 6) is 2.69. The molecule has 0 bridgehead atoms. The van der Waals surface area contributed by atoms with Gasteiger partial charge in [-0.3, -0.25) is 5.10 Å². The van der Waals surface area contributed by atoms with Crippen LogP contribution in [0.25, 0.3) is 0 Å². The highest BCUT2D eigenvalue weighted by atomic mass is 16.5. The second-order valence-electron chi connectivity index (χ2n) is 4.99. The Morgan fingerprint density at radius 3 is 2.43 bits per heavy atom. The second-order valence-corrected chi connectivity index (χ2v) is 4.99. The minimum absolute atomic E-state index is 0.292. The van der Waals surface area contributed by atoms with E-state index < -0.39 is 0 Å². The van der Waals surface area contributed by atoms with Crippen LogP contribution in [0.3, 0.4) is 0 Å². The first-order valence-corrected chi connectivity index (χ1v) is 7.25. The summed E-state index contributed by atoms with van der Waals surface area (Å²) in [6, 6.07) is 16.7. The van der Waals surface area contributed by atoms with Crippen molar-refractivity contribution in [3.63, 3.8) is 0 Å². The molecule has 3 N–H and O–H groups in total. The van der Waals surface area contributed by atoms with Crippen molar-refractivity contribution in [2.75, 3.05) is 7.11 Å². The molecule has 1 heterocycles. The van der Waals surface area contributed by atoms with Crippen LogP contribution in [0.2, 0.25) is 0 Å². The Bertz CT molecular complexity index is 741. The van der Waals surface area contributed by atoms with Gasteiger partial charge in [-0.05, 0) is 29.8 Å². The molecule has 1 atom stereocenters. The first-order chi connectivity index (χ1) is 11.3. The van der Waals surface area contributed by atoms with Gasteiger partial charge in [-0.1, -0.05) is 30.3 Å². The molecule has 0 aliphatic rings. The number of ether oxygens (including phenoxy) is 2. The monoisotopic (exact) mass is 310 g/mol. The minimum atomic E-state index is -0.359. The fourth-order valence-electron chi connectivity index (χ4n) is 2.15. The summed E-state index contributed by atoms with van der Waals surface area (Å²) in [6.07, 6.45) is 0. The molecule has 1 aromatic heterocycles. The van der Waals surface area contributed by atoms with Gasteiger partial charge < -0.3 is 15.2 Å². The summed E-state index contributed by atoms with van der Waals surface area (Å²) >= 11 is 0. The van der Waals surface area contributed by atoms with E-state index in [9.17, 15) is 0 Å². The Morgan fingerprint density at radius 1 is 1.04 bits per heavy atom. The van der Waals surface area contributed by atoms with Crippen LogP contribution < -0.4 is 15.2 Å². The number of aromatic amines is 1. The summed E-state index contributed by atoms with van der Waals surface area (Å²) in [4.78, 5) is 4.39. The molecule has 23 heavy (non-hydrogen) atoms. The van der Waals surface area contributed by atoms with Crippen LogP contribution in [0.15, 0.2) is 54.6 Å². The maximum Gasteiger partial charge on any atom is 0.172 e. The number of benzene rings is 2. The number of rotatable bonds is 6. The van der Waals surface area contributed by atoms with Crippen molar-refractivity contribution in [3.8, 4) is 11.5 Å². The zero-order valence-corrected chi connectivity index (χ0v) is 12.8. The highest BCUT2D eigenvalue weighted by Gasteiger charge is 2.14. The molecule has 0 amide bonds. The standard InChI is InChI=1S/C17H18N4O2/c1-22-13-7-9-14(10-8-13)23-11-15-19-17(21-20-15)16(18)12-5-3-2-4-6-12/h2-10,16H,11,18H2,1H3,(H,19,20,21)/t16-/m1/s1. The molecule has 2 aromatic carbocycles. The molecular formula is C17H18N4O2. The summed E-state index contributed by atoms with van der Waals surface area (Å²) < 4.78 is 10.8. The van der Waals surface area contributed by atoms with E-state index in [4.69, 9.17) is 15.2 Å². The summed E-state index contributed by atoms with van der Waals surface area (Å²) in [7, 11) is 1.63. The predicted molar refractivity (Wildman–Crippen MR) is 86.2 cm³/mol. The van der Waals surface area contributed by atoms with Gasteiger partial charge in [-0.25, -0.2) is 4.98 Å². The van der Waals surface area contributed by atoms with Crippen molar-refractivity contribution in [3.05, 3.63) is 71.8 Å². The number of methoxy groups -OCH3 is 1. The third-order valence-electron chi connectivity index (χ3n) is 3.42. The lowest BCUT2D eigenvalue weighted by molar-refractivity contribution is 0.295. The average Bonchev–Trinajstić information content (AvgIpc) is 3.09. The molecule has 6 heteroatoms. The van der Waals surface area contributed by atoms with E-state index >= 15 is 0 Å². The van der Waals surface area contributed by atoms with E-state index in [0.717, 1.165) is 17.1 Å². The number of H-pyrrole nitrogens is 1. The van der Waals surface area contributed by atoms with Gasteiger partial charge in [0, 0.05) is 0 Å². The van der Waals surface area contributed by atoms with E-state index in [1.54, 1.807) is 7.11 Å². The maximum absolute atomic E-state index is 6.17. The summed E-state index contributed by atoms with van der Waals surface area (Å²) in [6.45, 7) is 0.292. The summed E-state index contributed by atoms with van der Waals surface area (Å²) in [5.41, 5.74) is 7.14. The molecule has 0 spiro atoms. The summed E-state index contributed by atoms with van der Waals surface area (Å²) in [5, 5.41) is 7.03. The van der Waals surface area contributed by atoms with Gasteiger partial charge in [0.05, 0.1) is 13.2 Å². The first-order valence-electron chi connectivity index (χ1n) is 7.25. The minimum Gasteiger partial charge on any atom is -0.497 e. The van der Waals surface area contributed by atoms with Crippen molar-refractivity contribution in [2.45, 2.75) is 12.6 Å². The topological polar surface area (TPSA) is 86.1 Å². The smallest absolute Gasteiger partial charge is 0.172 e. The zero-order valence-electron chi connectivity index (χ0n) is 12.8. The zero-order chi connectivity index (χ0) is 16.1. The molecule has 0 saturated carbocycles. The van der Waals surface area contributed by atoms with E-state index in [0.29, 0.717) is 18.3 Å². The van der Waals surface area contributed by atoms with Crippen molar-refractivity contribution in [1.29, 1.82) is 0 Å². The van der Waals surface area contributed by atoms with E-state index in [1.807, 2.05) is 54.6 Å². The predicted octanol–water partition coefficient (Wildman–Crippen LogP) is 2.44. The molecule has 0 fully saturated rings. The van der Waals surface area contributed by atoms with Crippen LogP contribution in [0, 0.1) is 0 Å². The van der Waals surface area contributed by atoms with Crippen LogP contribution in [0.5, 0.6) is 11.5 Å². The van der Waals surface area contributed by atoms with Gasteiger partial charge in [0.25, 0.3) is 0 Å². The third kappa shape index (κ3) is 3.67. The van der Waals surface area contributed by atoms with Crippen LogP contribution in [0.4, 0.5) is 0 Å². The molecule has 3 rings (SSSR count). The normalized spacial score (nSPS) is 11.9. The SMILES string of the molecule is COc1ccc(OCc2nc([C@H](N)c3ccccc3)n[nH]2)cc1. The van der Waals surface area contributed by atoms with Gasteiger partial charge in [0.1, 0.15) is 18.1 Å². The molecule has 118 valence electrons. The molecule has 0 unspecified atom stereocenters. The first kappa shape index (κ1) is 15.1. The molecule has 0 aliphatic heterocycles. The van der Waals surface area contributed by atoms with E-state index in [1.165, 1.54) is 0 Å². The third-order valence-corrected chi connectivity index (χ3v) is 3.42. The fraction of sp³-hybridized carbons (Fsp3) is 0.176.